The molecule has 0 saturated heterocycles. The van der Waals surface area contributed by atoms with E-state index in [1.54, 1.807) is 20.0 Å². The fraction of sp³-hybridized carbons (Fsp3) is 0.250. The van der Waals surface area contributed by atoms with E-state index in [1.165, 1.54) is 6.07 Å². The SMILES string of the molecule is Bc1c(CCC)oc2cccc(F)c2c1=O. The van der Waals surface area contributed by atoms with E-state index in [0.29, 0.717) is 23.2 Å². The number of aryl methyl sites for hydroxylation is 1. The monoisotopic (exact) mass is 218 g/mol. The second-order valence-corrected chi connectivity index (χ2v) is 3.84. The van der Waals surface area contributed by atoms with Gasteiger partial charge in [0.25, 0.3) is 0 Å². The standard InChI is InChI=1S/C12H12BFO2/c1-2-4-9-11(13)12(15)10-7(14)5-3-6-8(10)16-9/h3,5-6H,2,4,13H2,1H3. The maximum atomic E-state index is 13.5. The Kier molecular flexibility index (Phi) is 2.81. The first-order valence-corrected chi connectivity index (χ1v) is 5.36. The average molecular weight is 218 g/mol. The Morgan fingerprint density at radius 1 is 1.44 bits per heavy atom. The van der Waals surface area contributed by atoms with Crippen LogP contribution in [0.3, 0.4) is 0 Å². The minimum atomic E-state index is -0.516. The van der Waals surface area contributed by atoms with Crippen LogP contribution < -0.4 is 10.9 Å². The highest BCUT2D eigenvalue weighted by Gasteiger charge is 2.12. The summed E-state index contributed by atoms with van der Waals surface area (Å²) in [6, 6.07) is 4.45. The Morgan fingerprint density at radius 3 is 2.88 bits per heavy atom. The molecule has 0 unspecified atom stereocenters. The topological polar surface area (TPSA) is 30.2 Å². The van der Waals surface area contributed by atoms with Gasteiger partial charge in [-0.1, -0.05) is 13.0 Å². The Balaban J connectivity index is 2.83. The van der Waals surface area contributed by atoms with E-state index >= 15 is 0 Å². The van der Waals surface area contributed by atoms with Crippen LogP contribution in [0.5, 0.6) is 0 Å². The molecule has 82 valence electrons. The molecule has 0 bridgehead atoms. The van der Waals surface area contributed by atoms with Gasteiger partial charge in [-0.3, -0.25) is 4.79 Å². The van der Waals surface area contributed by atoms with E-state index < -0.39 is 5.82 Å². The normalized spacial score (nSPS) is 10.9. The van der Waals surface area contributed by atoms with Crippen molar-refractivity contribution in [3.8, 4) is 0 Å². The molecule has 2 nitrogen and oxygen atoms in total. The van der Waals surface area contributed by atoms with Crippen LogP contribution in [0.15, 0.2) is 27.4 Å². The number of rotatable bonds is 2. The lowest BCUT2D eigenvalue weighted by atomic mass is 9.91. The molecule has 0 radical (unpaired) electrons. The van der Waals surface area contributed by atoms with Crippen molar-refractivity contribution >= 4 is 24.3 Å². The lowest BCUT2D eigenvalue weighted by Gasteiger charge is -2.06. The maximum absolute atomic E-state index is 13.5. The number of fused-ring (bicyclic) bond motifs is 1. The molecular weight excluding hydrogens is 206 g/mol. The molecule has 0 aliphatic carbocycles. The van der Waals surface area contributed by atoms with Crippen LogP contribution in [-0.2, 0) is 6.42 Å². The van der Waals surface area contributed by atoms with Gasteiger partial charge in [-0.2, -0.15) is 0 Å². The van der Waals surface area contributed by atoms with Gasteiger partial charge in [0.05, 0.1) is 5.39 Å². The predicted octanol–water partition coefficient (Wildman–Crippen LogP) is 1.14. The fourth-order valence-electron chi connectivity index (χ4n) is 1.80. The maximum Gasteiger partial charge on any atom is 0.189 e. The van der Waals surface area contributed by atoms with E-state index in [4.69, 9.17) is 4.42 Å². The zero-order chi connectivity index (χ0) is 11.7. The summed E-state index contributed by atoms with van der Waals surface area (Å²) in [4.78, 5) is 11.9. The highest BCUT2D eigenvalue weighted by atomic mass is 19.1. The Hall–Kier alpha value is -1.58. The molecule has 1 aromatic heterocycles. The first-order valence-electron chi connectivity index (χ1n) is 5.36. The summed E-state index contributed by atoms with van der Waals surface area (Å²) in [5, 5.41) is 0.0554. The molecule has 0 spiro atoms. The van der Waals surface area contributed by atoms with Crippen LogP contribution in [0.1, 0.15) is 19.1 Å². The van der Waals surface area contributed by atoms with E-state index in [0.717, 1.165) is 6.42 Å². The number of hydrogen-bond acceptors (Lipinski definition) is 2. The molecule has 1 heterocycles. The van der Waals surface area contributed by atoms with Gasteiger partial charge in [0.15, 0.2) is 5.43 Å². The molecule has 0 N–H and O–H groups in total. The summed E-state index contributed by atoms with van der Waals surface area (Å²) in [5.41, 5.74) is 0.585. The van der Waals surface area contributed by atoms with Crippen LogP contribution in [0.2, 0.25) is 0 Å². The quantitative estimate of drug-likeness (QED) is 0.707. The number of benzene rings is 1. The lowest BCUT2D eigenvalue weighted by molar-refractivity contribution is 0.534. The van der Waals surface area contributed by atoms with Crippen LogP contribution in [0.4, 0.5) is 4.39 Å². The van der Waals surface area contributed by atoms with Gasteiger partial charge in [-0.15, -0.1) is 0 Å². The second kappa shape index (κ2) is 4.12. The summed E-state index contributed by atoms with van der Waals surface area (Å²) >= 11 is 0. The van der Waals surface area contributed by atoms with Crippen LogP contribution >= 0.6 is 0 Å². The van der Waals surface area contributed by atoms with Gasteiger partial charge in [0.2, 0.25) is 0 Å². The minimum Gasteiger partial charge on any atom is -0.461 e. The Bertz CT molecular complexity index is 589. The summed E-state index contributed by atoms with van der Waals surface area (Å²) in [6.07, 6.45) is 1.60. The summed E-state index contributed by atoms with van der Waals surface area (Å²) in [6.45, 7) is 2.01. The van der Waals surface area contributed by atoms with E-state index in [-0.39, 0.29) is 10.8 Å². The van der Waals surface area contributed by atoms with Crippen LogP contribution in [0.25, 0.3) is 11.0 Å². The first-order chi connectivity index (χ1) is 7.65. The molecule has 0 atom stereocenters. The third kappa shape index (κ3) is 1.64. The first kappa shape index (κ1) is 10.9. The zero-order valence-electron chi connectivity index (χ0n) is 9.34. The van der Waals surface area contributed by atoms with Gasteiger partial charge in [-0.25, -0.2) is 4.39 Å². The van der Waals surface area contributed by atoms with Crippen molar-refractivity contribution < 1.29 is 8.81 Å². The van der Waals surface area contributed by atoms with Gasteiger partial charge in [0, 0.05) is 6.42 Å². The number of halogens is 1. The third-order valence-corrected chi connectivity index (χ3v) is 2.67. The molecule has 0 aliphatic rings. The molecule has 1 aromatic carbocycles. The van der Waals surface area contributed by atoms with Crippen molar-refractivity contribution in [3.63, 3.8) is 0 Å². The minimum absolute atomic E-state index is 0.0554. The summed E-state index contributed by atoms with van der Waals surface area (Å²) < 4.78 is 19.0. The van der Waals surface area contributed by atoms with Crippen molar-refractivity contribution in [2.45, 2.75) is 19.8 Å². The van der Waals surface area contributed by atoms with Gasteiger partial charge >= 0.3 is 0 Å². The highest BCUT2D eigenvalue weighted by Crippen LogP contribution is 2.14. The van der Waals surface area contributed by atoms with Crippen LogP contribution in [-0.4, -0.2) is 7.85 Å². The van der Waals surface area contributed by atoms with Crippen molar-refractivity contribution in [2.75, 3.05) is 0 Å². The van der Waals surface area contributed by atoms with Gasteiger partial charge in [0.1, 0.15) is 25.0 Å². The van der Waals surface area contributed by atoms with Crippen LogP contribution in [0, 0.1) is 5.82 Å². The smallest absolute Gasteiger partial charge is 0.189 e. The largest absolute Gasteiger partial charge is 0.461 e. The molecule has 2 aromatic rings. The molecule has 0 amide bonds. The fourth-order valence-corrected chi connectivity index (χ4v) is 1.80. The van der Waals surface area contributed by atoms with E-state index in [9.17, 15) is 9.18 Å². The molecule has 2 rings (SSSR count). The molecule has 0 fully saturated rings. The van der Waals surface area contributed by atoms with Crippen molar-refractivity contribution in [2.24, 2.45) is 0 Å². The van der Waals surface area contributed by atoms with Gasteiger partial charge in [-0.05, 0) is 24.0 Å². The lowest BCUT2D eigenvalue weighted by Crippen LogP contribution is -2.29. The summed E-state index contributed by atoms with van der Waals surface area (Å²) in [5.74, 6) is 0.142. The zero-order valence-corrected chi connectivity index (χ0v) is 9.34. The Labute approximate surface area is 93.5 Å². The molecular formula is C12H12BFO2. The third-order valence-electron chi connectivity index (χ3n) is 2.67. The molecule has 0 aliphatic heterocycles. The second-order valence-electron chi connectivity index (χ2n) is 3.84. The molecule has 0 saturated carbocycles. The van der Waals surface area contributed by atoms with Gasteiger partial charge < -0.3 is 4.42 Å². The molecule has 16 heavy (non-hydrogen) atoms. The van der Waals surface area contributed by atoms with Crippen molar-refractivity contribution in [1.82, 2.24) is 0 Å². The van der Waals surface area contributed by atoms with Crippen molar-refractivity contribution in [3.05, 3.63) is 40.0 Å². The van der Waals surface area contributed by atoms with Crippen molar-refractivity contribution in [1.29, 1.82) is 0 Å². The predicted molar refractivity (Wildman–Crippen MR) is 64.6 cm³/mol. The Morgan fingerprint density at radius 2 is 2.19 bits per heavy atom. The molecule has 4 heteroatoms. The van der Waals surface area contributed by atoms with E-state index in [2.05, 4.69) is 0 Å². The average Bonchev–Trinajstić information content (AvgIpc) is 2.25. The number of hydrogen-bond donors (Lipinski definition) is 0. The highest BCUT2D eigenvalue weighted by molar-refractivity contribution is 6.33. The van der Waals surface area contributed by atoms with E-state index in [1.807, 2.05) is 6.92 Å². The summed E-state index contributed by atoms with van der Waals surface area (Å²) in [7, 11) is 1.68.